The Hall–Kier alpha value is -2.88. The van der Waals surface area contributed by atoms with Crippen molar-refractivity contribution in [3.05, 3.63) is 69.4 Å². The van der Waals surface area contributed by atoms with Gasteiger partial charge in [0.05, 0.1) is 22.4 Å². The van der Waals surface area contributed by atoms with Crippen LogP contribution in [0.1, 0.15) is 35.0 Å². The molecule has 1 unspecified atom stereocenters. The molecule has 0 aliphatic heterocycles. The summed E-state index contributed by atoms with van der Waals surface area (Å²) in [6, 6.07) is 10.8. The fourth-order valence-electron chi connectivity index (χ4n) is 3.30. The average molecular weight is 426 g/mol. The first kappa shape index (κ1) is 19.4. The molecule has 0 saturated heterocycles. The number of amides is 2. The van der Waals surface area contributed by atoms with E-state index in [2.05, 4.69) is 16.6 Å². The first-order valence-electron chi connectivity index (χ1n) is 9.12. The second-order valence-corrected chi connectivity index (χ2v) is 8.21. The minimum Gasteiger partial charge on any atom is -0.329 e. The number of nitrogens with one attached hydrogen (secondary N) is 2. The molecule has 2 N–H and O–H groups in total. The minimum atomic E-state index is -0.352. The second-order valence-electron chi connectivity index (χ2n) is 6.72. The first-order valence-corrected chi connectivity index (χ1v) is 10.3. The molecule has 2 aromatic carbocycles. The molecular formula is C22H17ClFN3OS. The lowest BCUT2D eigenvalue weighted by Crippen LogP contribution is -2.34. The Morgan fingerprint density at radius 2 is 2.07 bits per heavy atom. The van der Waals surface area contributed by atoms with E-state index in [0.717, 1.165) is 40.4 Å². The zero-order valence-corrected chi connectivity index (χ0v) is 16.9. The van der Waals surface area contributed by atoms with Crippen LogP contribution >= 0.6 is 22.9 Å². The van der Waals surface area contributed by atoms with Crippen molar-refractivity contribution in [2.45, 2.75) is 25.3 Å². The highest BCUT2D eigenvalue weighted by Crippen LogP contribution is 2.37. The number of fused-ring (bicyclic) bond motifs is 1. The summed E-state index contributed by atoms with van der Waals surface area (Å²) >= 11 is 7.77. The Bertz CT molecular complexity index is 1100. The number of urea groups is 1. The lowest BCUT2D eigenvalue weighted by molar-refractivity contribution is 0.247. The summed E-state index contributed by atoms with van der Waals surface area (Å²) in [6.07, 6.45) is 8.04. The van der Waals surface area contributed by atoms with Crippen LogP contribution in [0.2, 0.25) is 5.02 Å². The van der Waals surface area contributed by atoms with E-state index >= 15 is 0 Å². The van der Waals surface area contributed by atoms with Gasteiger partial charge in [-0.2, -0.15) is 0 Å². The molecule has 4 rings (SSSR count). The molecule has 3 aromatic rings. The Morgan fingerprint density at radius 1 is 1.28 bits per heavy atom. The molecule has 0 radical (unpaired) electrons. The molecule has 0 saturated carbocycles. The Labute approximate surface area is 177 Å². The van der Waals surface area contributed by atoms with Crippen molar-refractivity contribution < 1.29 is 9.18 Å². The number of thiazole rings is 1. The third-order valence-corrected chi connectivity index (χ3v) is 6.23. The number of carbonyl (C=O) groups is 1. The van der Waals surface area contributed by atoms with Crippen molar-refractivity contribution in [3.63, 3.8) is 0 Å². The van der Waals surface area contributed by atoms with E-state index in [-0.39, 0.29) is 17.9 Å². The number of rotatable bonds is 3. The van der Waals surface area contributed by atoms with Crippen LogP contribution in [0.4, 0.5) is 14.9 Å². The largest absolute Gasteiger partial charge is 0.329 e. The summed E-state index contributed by atoms with van der Waals surface area (Å²) in [6.45, 7) is 0. The van der Waals surface area contributed by atoms with Crippen molar-refractivity contribution >= 4 is 34.7 Å². The van der Waals surface area contributed by atoms with Crippen LogP contribution in [0, 0.1) is 18.2 Å². The lowest BCUT2D eigenvalue weighted by atomic mass is 9.98. The summed E-state index contributed by atoms with van der Waals surface area (Å²) in [4.78, 5) is 18.4. The fourth-order valence-corrected chi connectivity index (χ4v) is 4.70. The highest BCUT2D eigenvalue weighted by atomic mass is 35.5. The standard InChI is InChI=1S/C22H17ClFN3OS/c1-2-13-6-11-17(16(23)12-13)25-22(28)26-18-4-3-5-19-20(18)27-21(29-19)14-7-9-15(24)10-8-14/h1,6-12,18H,3-5H2,(H2,25,26,28). The molecule has 146 valence electrons. The first-order chi connectivity index (χ1) is 14.0. The molecule has 4 nitrogen and oxygen atoms in total. The van der Waals surface area contributed by atoms with Gasteiger partial charge < -0.3 is 10.6 Å². The van der Waals surface area contributed by atoms with Crippen LogP contribution in [0.5, 0.6) is 0 Å². The highest BCUT2D eigenvalue weighted by molar-refractivity contribution is 7.15. The van der Waals surface area contributed by atoms with Crippen molar-refractivity contribution in [2.75, 3.05) is 5.32 Å². The van der Waals surface area contributed by atoms with Gasteiger partial charge >= 0.3 is 6.03 Å². The summed E-state index contributed by atoms with van der Waals surface area (Å²) in [5.41, 5.74) is 2.89. The number of aryl methyl sites for hydroxylation is 1. The molecule has 0 bridgehead atoms. The van der Waals surface area contributed by atoms with Gasteiger partial charge in [-0.05, 0) is 61.7 Å². The average Bonchev–Trinajstić information content (AvgIpc) is 3.15. The third kappa shape index (κ3) is 4.26. The van der Waals surface area contributed by atoms with Gasteiger partial charge in [0.2, 0.25) is 0 Å². The van der Waals surface area contributed by atoms with E-state index in [1.165, 1.54) is 12.1 Å². The van der Waals surface area contributed by atoms with E-state index in [0.29, 0.717) is 16.3 Å². The van der Waals surface area contributed by atoms with Crippen LogP contribution in [0.3, 0.4) is 0 Å². The van der Waals surface area contributed by atoms with Gasteiger partial charge in [-0.15, -0.1) is 17.8 Å². The molecule has 1 atom stereocenters. The third-order valence-electron chi connectivity index (χ3n) is 4.73. The van der Waals surface area contributed by atoms with Crippen LogP contribution in [-0.2, 0) is 6.42 Å². The van der Waals surface area contributed by atoms with Crippen LogP contribution < -0.4 is 10.6 Å². The van der Waals surface area contributed by atoms with Crippen LogP contribution in [-0.4, -0.2) is 11.0 Å². The number of anilines is 1. The maximum Gasteiger partial charge on any atom is 0.319 e. The maximum atomic E-state index is 13.2. The summed E-state index contributed by atoms with van der Waals surface area (Å²) in [5, 5.41) is 6.97. The molecule has 1 aliphatic rings. The van der Waals surface area contributed by atoms with Gasteiger partial charge in [0, 0.05) is 16.0 Å². The van der Waals surface area contributed by atoms with Gasteiger partial charge in [-0.1, -0.05) is 17.5 Å². The summed E-state index contributed by atoms with van der Waals surface area (Å²) in [5.74, 6) is 2.23. The number of nitrogens with zero attached hydrogens (tertiary/aromatic N) is 1. The zero-order valence-electron chi connectivity index (χ0n) is 15.3. The van der Waals surface area contributed by atoms with Gasteiger partial charge in [0.1, 0.15) is 10.8 Å². The Morgan fingerprint density at radius 3 is 2.79 bits per heavy atom. The smallest absolute Gasteiger partial charge is 0.319 e. The number of carbonyl (C=O) groups excluding carboxylic acids is 1. The Kier molecular flexibility index (Phi) is 5.52. The quantitative estimate of drug-likeness (QED) is 0.522. The molecule has 1 heterocycles. The molecule has 0 fully saturated rings. The monoisotopic (exact) mass is 425 g/mol. The number of terminal acetylenes is 1. The predicted octanol–water partition coefficient (Wildman–Crippen LogP) is 5.78. The minimum absolute atomic E-state index is 0.187. The van der Waals surface area contributed by atoms with Crippen molar-refractivity contribution in [1.29, 1.82) is 0 Å². The topological polar surface area (TPSA) is 54.0 Å². The second kappa shape index (κ2) is 8.24. The summed E-state index contributed by atoms with van der Waals surface area (Å²) in [7, 11) is 0. The molecule has 2 amide bonds. The molecule has 1 aromatic heterocycles. The fraction of sp³-hybridized carbons (Fsp3) is 0.182. The number of benzene rings is 2. The van der Waals surface area contributed by atoms with E-state index in [4.69, 9.17) is 23.0 Å². The lowest BCUT2D eigenvalue weighted by Gasteiger charge is -2.22. The predicted molar refractivity (Wildman–Crippen MR) is 115 cm³/mol. The molecule has 0 spiro atoms. The van der Waals surface area contributed by atoms with E-state index in [9.17, 15) is 9.18 Å². The van der Waals surface area contributed by atoms with E-state index in [1.54, 1.807) is 41.7 Å². The molecule has 29 heavy (non-hydrogen) atoms. The van der Waals surface area contributed by atoms with Gasteiger partial charge in [0.25, 0.3) is 0 Å². The SMILES string of the molecule is C#Cc1ccc(NC(=O)NC2CCCc3sc(-c4ccc(F)cc4)nc32)c(Cl)c1. The summed E-state index contributed by atoms with van der Waals surface area (Å²) < 4.78 is 13.2. The number of hydrogen-bond acceptors (Lipinski definition) is 3. The molecule has 1 aliphatic carbocycles. The van der Waals surface area contributed by atoms with Gasteiger partial charge in [-0.25, -0.2) is 14.2 Å². The van der Waals surface area contributed by atoms with Crippen LogP contribution in [0.15, 0.2) is 42.5 Å². The highest BCUT2D eigenvalue weighted by Gasteiger charge is 2.26. The van der Waals surface area contributed by atoms with Crippen molar-refractivity contribution in [1.82, 2.24) is 10.3 Å². The van der Waals surface area contributed by atoms with Gasteiger partial charge in [-0.3, -0.25) is 0 Å². The number of aromatic nitrogens is 1. The van der Waals surface area contributed by atoms with Gasteiger partial charge in [0.15, 0.2) is 0 Å². The normalized spacial score (nSPS) is 15.3. The maximum absolute atomic E-state index is 13.2. The number of hydrogen-bond donors (Lipinski definition) is 2. The molecular weight excluding hydrogens is 409 g/mol. The van der Waals surface area contributed by atoms with Crippen LogP contribution in [0.25, 0.3) is 10.6 Å². The number of halogens is 2. The Balaban J connectivity index is 1.50. The van der Waals surface area contributed by atoms with E-state index < -0.39 is 0 Å². The van der Waals surface area contributed by atoms with Crippen molar-refractivity contribution in [2.24, 2.45) is 0 Å². The van der Waals surface area contributed by atoms with Crippen molar-refractivity contribution in [3.8, 4) is 22.9 Å². The molecule has 7 heteroatoms. The van der Waals surface area contributed by atoms with E-state index in [1.807, 2.05) is 0 Å². The zero-order chi connectivity index (χ0) is 20.4.